The number of esters is 1. The van der Waals surface area contributed by atoms with Crippen molar-refractivity contribution in [3.8, 4) is 0 Å². The number of hydrogen-bond acceptors (Lipinski definition) is 5. The largest absolute Gasteiger partial charge is 0.462 e. The van der Waals surface area contributed by atoms with Crippen molar-refractivity contribution in [2.75, 3.05) is 20.2 Å². The van der Waals surface area contributed by atoms with Gasteiger partial charge in [0.25, 0.3) is 0 Å². The standard InChI is InChI=1S/C27H53NO3.C18H38O/c1-3-5-6-7-11-16-21-26(4-2)31-27(30)22-17-12-10-14-19-24-28-23-18-13-8-9-15-20-25-29;1-4-6-8-10-12-14-16-18(19-3)17-15-13-11-9-7-5-2/h25-26,28H,3-24H2,1-2H3;18H,4-17H2,1-3H3. The molecule has 1 unspecified atom stereocenters. The highest BCUT2D eigenvalue weighted by molar-refractivity contribution is 5.69. The molecule has 0 aromatic carbocycles. The van der Waals surface area contributed by atoms with Crippen LogP contribution in [-0.4, -0.2) is 44.7 Å². The lowest BCUT2D eigenvalue weighted by Gasteiger charge is -2.16. The summed E-state index contributed by atoms with van der Waals surface area (Å²) in [6.07, 6.45) is 43.7. The first kappa shape index (κ1) is 51.2. The van der Waals surface area contributed by atoms with Crippen molar-refractivity contribution in [1.29, 1.82) is 0 Å². The minimum absolute atomic E-state index is 0.00524. The van der Waals surface area contributed by atoms with Crippen molar-refractivity contribution in [2.45, 2.75) is 258 Å². The van der Waals surface area contributed by atoms with Crippen molar-refractivity contribution < 1.29 is 19.1 Å². The summed E-state index contributed by atoms with van der Waals surface area (Å²) in [6.45, 7) is 11.1. The van der Waals surface area contributed by atoms with E-state index in [4.69, 9.17) is 9.47 Å². The SMILES string of the molecule is CCCCCCCCC(CC)OC(=O)CCCCCCCNCCCCCCCC=O.CCCCCCCCC(CCCCCCCC)OC. The number of carbonyl (C=O) groups excluding carboxylic acids is 2. The molecule has 0 bridgehead atoms. The van der Waals surface area contributed by atoms with E-state index in [0.717, 1.165) is 57.9 Å². The van der Waals surface area contributed by atoms with Crippen LogP contribution in [0.2, 0.25) is 0 Å². The summed E-state index contributed by atoms with van der Waals surface area (Å²) >= 11 is 0. The number of nitrogens with one attached hydrogen (secondary N) is 1. The molecule has 0 saturated heterocycles. The Morgan fingerprint density at radius 2 is 0.880 bits per heavy atom. The zero-order valence-electron chi connectivity index (χ0n) is 34.8. The Kier molecular flexibility index (Phi) is 47.2. The number of hydrogen-bond donors (Lipinski definition) is 1. The van der Waals surface area contributed by atoms with Crippen LogP contribution in [0.5, 0.6) is 0 Å². The summed E-state index contributed by atoms with van der Waals surface area (Å²) in [5, 5.41) is 3.53. The zero-order valence-corrected chi connectivity index (χ0v) is 34.8. The van der Waals surface area contributed by atoms with E-state index in [9.17, 15) is 9.59 Å². The third-order valence-corrected chi connectivity index (χ3v) is 10.1. The second-order valence-electron chi connectivity index (χ2n) is 15.0. The van der Waals surface area contributed by atoms with Gasteiger partial charge in [-0.05, 0) is 70.9 Å². The van der Waals surface area contributed by atoms with Gasteiger partial charge in [-0.2, -0.15) is 0 Å². The summed E-state index contributed by atoms with van der Waals surface area (Å²) in [7, 11) is 1.89. The molecule has 0 aliphatic carbocycles. The van der Waals surface area contributed by atoms with Crippen LogP contribution in [0.25, 0.3) is 0 Å². The van der Waals surface area contributed by atoms with Gasteiger partial charge in [0.1, 0.15) is 12.4 Å². The molecule has 0 aromatic heterocycles. The van der Waals surface area contributed by atoms with Crippen molar-refractivity contribution in [3.63, 3.8) is 0 Å². The van der Waals surface area contributed by atoms with Crippen molar-refractivity contribution >= 4 is 12.3 Å². The molecule has 0 aromatic rings. The quantitative estimate of drug-likeness (QED) is 0.0390. The Morgan fingerprint density at radius 1 is 0.500 bits per heavy atom. The first-order valence-electron chi connectivity index (χ1n) is 22.5. The van der Waals surface area contributed by atoms with Gasteiger partial charge in [0, 0.05) is 20.0 Å². The molecule has 0 radical (unpaired) electrons. The Bertz CT molecular complexity index is 627. The Hall–Kier alpha value is -0.940. The topological polar surface area (TPSA) is 64.6 Å². The number of rotatable bonds is 40. The molecule has 0 heterocycles. The first-order valence-corrected chi connectivity index (χ1v) is 22.5. The Labute approximate surface area is 314 Å². The fourth-order valence-corrected chi connectivity index (χ4v) is 6.61. The average molecular weight is 710 g/mol. The molecule has 0 fully saturated rings. The van der Waals surface area contributed by atoms with E-state index in [2.05, 4.69) is 33.0 Å². The fourth-order valence-electron chi connectivity index (χ4n) is 6.61. The Morgan fingerprint density at radius 3 is 1.30 bits per heavy atom. The monoisotopic (exact) mass is 710 g/mol. The van der Waals surface area contributed by atoms with E-state index in [-0.39, 0.29) is 12.1 Å². The molecular weight excluding hydrogens is 618 g/mol. The van der Waals surface area contributed by atoms with Crippen LogP contribution in [0.4, 0.5) is 0 Å². The molecule has 1 N–H and O–H groups in total. The normalized spacial score (nSPS) is 11.8. The number of carbonyl (C=O) groups is 2. The summed E-state index contributed by atoms with van der Waals surface area (Å²) in [6, 6.07) is 0. The molecule has 0 spiro atoms. The van der Waals surface area contributed by atoms with Crippen LogP contribution < -0.4 is 5.32 Å². The predicted molar refractivity (Wildman–Crippen MR) is 219 cm³/mol. The second-order valence-corrected chi connectivity index (χ2v) is 15.0. The van der Waals surface area contributed by atoms with Crippen molar-refractivity contribution in [1.82, 2.24) is 5.32 Å². The fraction of sp³-hybridized carbons (Fsp3) is 0.956. The predicted octanol–water partition coefficient (Wildman–Crippen LogP) is 14.0. The molecule has 0 rings (SSSR count). The lowest BCUT2D eigenvalue weighted by atomic mass is 10.0. The first-order chi connectivity index (χ1) is 24.6. The Balaban J connectivity index is 0. The molecule has 1 atom stereocenters. The van der Waals surface area contributed by atoms with E-state index in [1.807, 2.05) is 7.11 Å². The molecule has 0 aliphatic rings. The van der Waals surface area contributed by atoms with Gasteiger partial charge in [0.05, 0.1) is 6.10 Å². The summed E-state index contributed by atoms with van der Waals surface area (Å²) < 4.78 is 11.3. The number of unbranched alkanes of at least 4 members (excludes halogenated alkanes) is 24. The maximum atomic E-state index is 12.1. The minimum Gasteiger partial charge on any atom is -0.462 e. The lowest BCUT2D eigenvalue weighted by Crippen LogP contribution is -2.17. The molecule has 5 nitrogen and oxygen atoms in total. The third kappa shape index (κ3) is 43.2. The van der Waals surface area contributed by atoms with Gasteiger partial charge in [-0.3, -0.25) is 4.79 Å². The number of methoxy groups -OCH3 is 1. The highest BCUT2D eigenvalue weighted by Gasteiger charge is 2.12. The lowest BCUT2D eigenvalue weighted by molar-refractivity contribution is -0.149. The van der Waals surface area contributed by atoms with E-state index in [1.165, 1.54) is 173 Å². The van der Waals surface area contributed by atoms with Gasteiger partial charge in [0.15, 0.2) is 0 Å². The highest BCUT2D eigenvalue weighted by Crippen LogP contribution is 2.17. The van der Waals surface area contributed by atoms with Gasteiger partial charge < -0.3 is 19.6 Å². The van der Waals surface area contributed by atoms with Gasteiger partial charge in [-0.1, -0.05) is 175 Å². The van der Waals surface area contributed by atoms with Crippen LogP contribution in [0, 0.1) is 0 Å². The number of ether oxygens (including phenoxy) is 2. The molecule has 0 saturated carbocycles. The maximum absolute atomic E-state index is 12.1. The van der Waals surface area contributed by atoms with Crippen LogP contribution in [0.15, 0.2) is 0 Å². The highest BCUT2D eigenvalue weighted by atomic mass is 16.5. The van der Waals surface area contributed by atoms with E-state index in [1.54, 1.807) is 0 Å². The maximum Gasteiger partial charge on any atom is 0.306 e. The summed E-state index contributed by atoms with van der Waals surface area (Å²) in [5.41, 5.74) is 0. The minimum atomic E-state index is 0.00524. The van der Waals surface area contributed by atoms with E-state index >= 15 is 0 Å². The molecule has 0 aliphatic heterocycles. The molecule has 0 amide bonds. The van der Waals surface area contributed by atoms with Crippen molar-refractivity contribution in [2.24, 2.45) is 0 Å². The summed E-state index contributed by atoms with van der Waals surface area (Å²) in [5.74, 6) is 0.00524. The molecule has 5 heteroatoms. The molecular formula is C45H91NO4. The van der Waals surface area contributed by atoms with Crippen LogP contribution in [-0.2, 0) is 19.1 Å². The second kappa shape index (κ2) is 46.1. The van der Waals surface area contributed by atoms with E-state index < -0.39 is 0 Å². The average Bonchev–Trinajstić information content (AvgIpc) is 3.13. The van der Waals surface area contributed by atoms with Gasteiger partial charge in [0.2, 0.25) is 0 Å². The van der Waals surface area contributed by atoms with Gasteiger partial charge in [-0.15, -0.1) is 0 Å². The van der Waals surface area contributed by atoms with Crippen LogP contribution in [0.1, 0.15) is 246 Å². The summed E-state index contributed by atoms with van der Waals surface area (Å²) in [4.78, 5) is 22.3. The smallest absolute Gasteiger partial charge is 0.306 e. The van der Waals surface area contributed by atoms with Crippen molar-refractivity contribution in [3.05, 3.63) is 0 Å². The number of aldehydes is 1. The van der Waals surface area contributed by atoms with Crippen LogP contribution in [0.3, 0.4) is 0 Å². The molecule has 50 heavy (non-hydrogen) atoms. The molecule has 300 valence electrons. The zero-order chi connectivity index (χ0) is 37.0. The van der Waals surface area contributed by atoms with Crippen LogP contribution >= 0.6 is 0 Å². The van der Waals surface area contributed by atoms with E-state index in [0.29, 0.717) is 12.5 Å². The van der Waals surface area contributed by atoms with Gasteiger partial charge >= 0.3 is 5.97 Å². The van der Waals surface area contributed by atoms with Gasteiger partial charge in [-0.25, -0.2) is 0 Å². The third-order valence-electron chi connectivity index (χ3n) is 10.1.